The van der Waals surface area contributed by atoms with Crippen LogP contribution >= 0.6 is 34.8 Å². The van der Waals surface area contributed by atoms with Gasteiger partial charge in [-0.25, -0.2) is 9.97 Å². The monoisotopic (exact) mass is 825 g/mol. The van der Waals surface area contributed by atoms with Crippen molar-refractivity contribution in [3.63, 3.8) is 0 Å². The summed E-state index contributed by atoms with van der Waals surface area (Å²) in [4.78, 5) is 30.5. The van der Waals surface area contributed by atoms with E-state index in [-0.39, 0.29) is 0 Å². The second-order valence-electron chi connectivity index (χ2n) is 13.1. The zero-order valence-corrected chi connectivity index (χ0v) is 33.7. The van der Waals surface area contributed by atoms with Crippen molar-refractivity contribution in [1.82, 2.24) is 29.9 Å². The van der Waals surface area contributed by atoms with Crippen LogP contribution in [-0.4, -0.2) is 34.2 Å². The summed E-state index contributed by atoms with van der Waals surface area (Å²) in [7, 11) is 0. The molecule has 0 aliphatic heterocycles. The Bertz CT molecular complexity index is 2440. The van der Waals surface area contributed by atoms with Crippen LogP contribution in [0.25, 0.3) is 67.8 Å². The average Bonchev–Trinajstić information content (AvgIpc) is 3.30. The van der Waals surface area contributed by atoms with Crippen LogP contribution in [0.2, 0.25) is 0 Å². The van der Waals surface area contributed by atoms with Crippen molar-refractivity contribution in [2.24, 2.45) is 0 Å². The lowest BCUT2D eigenvalue weighted by molar-refractivity contribution is 1.22. The zero-order chi connectivity index (χ0) is 40.4. The molecule has 0 unspecified atom stereocenters. The van der Waals surface area contributed by atoms with Crippen molar-refractivity contribution >= 4 is 51.9 Å². The number of halogens is 3. The summed E-state index contributed by atoms with van der Waals surface area (Å²) in [5, 5.41) is 0. The molecular formula is C49H34Cl3N7. The van der Waals surface area contributed by atoms with Crippen molar-refractivity contribution in [1.29, 1.82) is 0 Å². The van der Waals surface area contributed by atoms with Crippen molar-refractivity contribution in [3.05, 3.63) is 201 Å². The summed E-state index contributed by atoms with van der Waals surface area (Å²) >= 11 is 14.4. The average molecular weight is 827 g/mol. The fraction of sp³-hybridized carbons (Fsp3) is 0.0204. The molecule has 7 nitrogen and oxygen atoms in total. The Morgan fingerprint density at radius 3 is 0.881 bits per heavy atom. The van der Waals surface area contributed by atoms with E-state index in [4.69, 9.17) is 44.8 Å². The lowest BCUT2D eigenvalue weighted by Crippen LogP contribution is -2.09. The molecule has 0 fully saturated rings. The number of nitrogens with zero attached hydrogens (tertiary/aromatic N) is 7. The van der Waals surface area contributed by atoms with Crippen molar-refractivity contribution in [2.75, 3.05) is 4.90 Å². The Morgan fingerprint density at radius 1 is 0.305 bits per heavy atom. The third-order valence-electron chi connectivity index (χ3n) is 9.29. The van der Waals surface area contributed by atoms with Crippen LogP contribution in [0, 0.1) is 0 Å². The highest BCUT2D eigenvalue weighted by Crippen LogP contribution is 2.38. The van der Waals surface area contributed by atoms with Crippen LogP contribution in [0.1, 0.15) is 0 Å². The molecule has 286 valence electrons. The molecule has 0 atom stereocenters. The third-order valence-corrected chi connectivity index (χ3v) is 9.29. The van der Waals surface area contributed by atoms with Gasteiger partial charge in [0.2, 0.25) is 0 Å². The van der Waals surface area contributed by atoms with Gasteiger partial charge in [0.1, 0.15) is 0 Å². The molecule has 0 radical (unpaired) electrons. The first-order chi connectivity index (χ1) is 29.0. The highest BCUT2D eigenvalue weighted by atomic mass is 35.6. The van der Waals surface area contributed by atoms with E-state index in [1.807, 2.05) is 78.9 Å². The van der Waals surface area contributed by atoms with E-state index in [2.05, 4.69) is 122 Å². The summed E-state index contributed by atoms with van der Waals surface area (Å²) in [6, 6.07) is 59.6. The Morgan fingerprint density at radius 2 is 0.593 bits per heavy atom. The minimum atomic E-state index is -0.750. The number of benzene rings is 3. The molecule has 0 aliphatic carbocycles. The Balaban J connectivity index is 0.00000116. The molecule has 59 heavy (non-hydrogen) atoms. The molecule has 3 aromatic carbocycles. The smallest absolute Gasteiger partial charge is 0.180 e. The van der Waals surface area contributed by atoms with Crippen molar-refractivity contribution in [2.45, 2.75) is 4.30 Å². The number of para-hydroxylation sites is 1. The largest absolute Gasteiger partial charge is 0.311 e. The number of hydrogen-bond donors (Lipinski definition) is 0. The van der Waals surface area contributed by atoms with Gasteiger partial charge in [0.15, 0.2) is 4.30 Å². The Labute approximate surface area is 357 Å². The summed E-state index contributed by atoms with van der Waals surface area (Å²) < 4.78 is -0.750. The standard InChI is InChI=1S/C48H33N7.CHCl3/c1-2-12-38(13-3-1)55(39-22-18-34(19-23-39)36-30-45(41-14-4-8-26-49-41)53-46(31-36)42-15-5-9-27-50-42)40-24-20-35(21-25-40)37-32-47(43-16-6-10-28-51-43)54-48(33-37)44-17-7-11-29-52-44;2-1(3)4/h1-33H;1H. The minimum absolute atomic E-state index is 0.750. The maximum atomic E-state index is 4.95. The number of hydrogen-bond acceptors (Lipinski definition) is 7. The summed E-state index contributed by atoms with van der Waals surface area (Å²) in [6.45, 7) is 0. The van der Waals surface area contributed by atoms with Gasteiger partial charge in [0, 0.05) is 41.8 Å². The molecular weight excluding hydrogens is 793 g/mol. The normalized spacial score (nSPS) is 10.8. The van der Waals surface area contributed by atoms with E-state index in [1.165, 1.54) is 0 Å². The molecule has 0 amide bonds. The minimum Gasteiger partial charge on any atom is -0.311 e. The van der Waals surface area contributed by atoms with Gasteiger partial charge in [-0.2, -0.15) is 0 Å². The van der Waals surface area contributed by atoms with Gasteiger partial charge < -0.3 is 4.90 Å². The summed E-state index contributed by atoms with van der Waals surface area (Å²) in [6.07, 6.45) is 7.17. The molecule has 6 heterocycles. The highest BCUT2D eigenvalue weighted by Gasteiger charge is 2.16. The maximum absolute atomic E-state index is 4.95. The van der Waals surface area contributed by atoms with Crippen molar-refractivity contribution in [3.8, 4) is 67.8 Å². The van der Waals surface area contributed by atoms with E-state index >= 15 is 0 Å². The summed E-state index contributed by atoms with van der Waals surface area (Å²) in [5.74, 6) is 0. The molecule has 9 aromatic rings. The van der Waals surface area contributed by atoms with Crippen LogP contribution in [0.5, 0.6) is 0 Å². The topological polar surface area (TPSA) is 80.6 Å². The second-order valence-corrected chi connectivity index (χ2v) is 15.1. The van der Waals surface area contributed by atoms with Gasteiger partial charge >= 0.3 is 0 Å². The van der Waals surface area contributed by atoms with Gasteiger partial charge in [-0.3, -0.25) is 19.9 Å². The molecule has 0 aliphatic rings. The number of alkyl halides is 3. The molecule has 0 saturated heterocycles. The van der Waals surface area contributed by atoms with Crippen LogP contribution in [0.3, 0.4) is 0 Å². The van der Waals surface area contributed by atoms with E-state index in [1.54, 1.807) is 24.8 Å². The first-order valence-electron chi connectivity index (χ1n) is 18.7. The highest BCUT2D eigenvalue weighted by molar-refractivity contribution is 6.63. The predicted molar refractivity (Wildman–Crippen MR) is 242 cm³/mol. The molecule has 0 spiro atoms. The summed E-state index contributed by atoms with van der Waals surface area (Å²) in [5.41, 5.74) is 13.7. The van der Waals surface area contributed by atoms with Crippen LogP contribution in [0.15, 0.2) is 201 Å². The van der Waals surface area contributed by atoms with Gasteiger partial charge in [0.05, 0.1) is 45.6 Å². The first-order valence-corrected chi connectivity index (χ1v) is 20.0. The van der Waals surface area contributed by atoms with E-state index in [0.717, 1.165) is 84.9 Å². The van der Waals surface area contributed by atoms with E-state index in [9.17, 15) is 0 Å². The molecule has 6 aromatic heterocycles. The molecule has 0 bridgehead atoms. The number of aromatic nitrogens is 6. The lowest BCUT2D eigenvalue weighted by atomic mass is 10.0. The SMILES string of the molecule is ClC(Cl)Cl.c1ccc(N(c2ccc(-c3cc(-c4ccccn4)nc(-c4ccccn4)c3)cc2)c2ccc(-c3cc(-c4ccccn4)nc(-c4ccccn4)c3)cc2)cc1. The van der Waals surface area contributed by atoms with Gasteiger partial charge in [-0.1, -0.05) is 102 Å². The molecule has 0 saturated carbocycles. The van der Waals surface area contributed by atoms with Gasteiger partial charge in [-0.15, -0.1) is 0 Å². The van der Waals surface area contributed by atoms with Gasteiger partial charge in [0.25, 0.3) is 0 Å². The third kappa shape index (κ3) is 9.68. The fourth-order valence-electron chi connectivity index (χ4n) is 6.61. The second kappa shape index (κ2) is 18.7. The Kier molecular flexibility index (Phi) is 12.4. The van der Waals surface area contributed by atoms with Crippen LogP contribution in [0.4, 0.5) is 17.1 Å². The first kappa shape index (κ1) is 39.1. The maximum Gasteiger partial charge on any atom is 0.180 e. The quantitative estimate of drug-likeness (QED) is 0.134. The number of anilines is 3. The van der Waals surface area contributed by atoms with E-state index in [0.29, 0.717) is 0 Å². The number of pyridine rings is 6. The number of rotatable bonds is 9. The predicted octanol–water partition coefficient (Wildman–Crippen LogP) is 13.5. The lowest BCUT2D eigenvalue weighted by Gasteiger charge is -2.26. The zero-order valence-electron chi connectivity index (χ0n) is 31.4. The molecule has 9 rings (SSSR count). The van der Waals surface area contributed by atoms with E-state index < -0.39 is 4.30 Å². The Hall–Kier alpha value is -6.77. The molecule has 0 N–H and O–H groups in total. The van der Waals surface area contributed by atoms with Gasteiger partial charge in [-0.05, 0) is 131 Å². The van der Waals surface area contributed by atoms with Crippen LogP contribution in [-0.2, 0) is 0 Å². The molecule has 10 heteroatoms. The fourth-order valence-corrected chi connectivity index (χ4v) is 6.61. The van der Waals surface area contributed by atoms with Crippen molar-refractivity contribution < 1.29 is 0 Å². The van der Waals surface area contributed by atoms with Crippen LogP contribution < -0.4 is 4.90 Å².